The maximum atomic E-state index is 13.3. The molecule has 7 heteroatoms. The lowest BCUT2D eigenvalue weighted by Crippen LogP contribution is -2.59. The van der Waals surface area contributed by atoms with Crippen molar-refractivity contribution >= 4 is 17.8 Å². The molecule has 1 atom stereocenters. The molecule has 2 saturated heterocycles. The second kappa shape index (κ2) is 7.31. The number of hydrogen-bond donors (Lipinski definition) is 1. The largest absolute Gasteiger partial charge is 0.480 e. The lowest BCUT2D eigenvalue weighted by Gasteiger charge is -2.44. The molecule has 2 aliphatic heterocycles. The number of aryl methyl sites for hydroxylation is 1. The number of benzene rings is 1. The topological polar surface area (TPSA) is 87.2 Å². The Labute approximate surface area is 158 Å². The van der Waals surface area contributed by atoms with Gasteiger partial charge in [0.2, 0.25) is 5.91 Å². The first-order chi connectivity index (χ1) is 12.8. The van der Waals surface area contributed by atoms with Crippen LogP contribution in [0.5, 0.6) is 0 Å². The number of aliphatic carboxylic acids is 1. The number of nitrogens with zero attached hydrogens (tertiary/aromatic N) is 2. The molecule has 0 aliphatic carbocycles. The van der Waals surface area contributed by atoms with Crippen LogP contribution in [-0.2, 0) is 14.3 Å². The van der Waals surface area contributed by atoms with Crippen molar-refractivity contribution in [3.63, 3.8) is 0 Å². The molecule has 2 aliphatic rings. The Morgan fingerprint density at radius 2 is 1.81 bits per heavy atom. The number of carbonyl (C=O) groups excluding carboxylic acids is 2. The highest BCUT2D eigenvalue weighted by Gasteiger charge is 2.54. The van der Waals surface area contributed by atoms with Crippen LogP contribution < -0.4 is 0 Å². The Bertz CT molecular complexity index is 752. The highest BCUT2D eigenvalue weighted by atomic mass is 16.5. The van der Waals surface area contributed by atoms with E-state index in [1.54, 1.807) is 17.0 Å². The zero-order valence-corrected chi connectivity index (χ0v) is 16.0. The summed E-state index contributed by atoms with van der Waals surface area (Å²) in [4.78, 5) is 40.5. The quantitative estimate of drug-likeness (QED) is 0.873. The summed E-state index contributed by atoms with van der Waals surface area (Å²) in [6, 6.07) is 6.12. The fraction of sp³-hybridized carbons (Fsp3) is 0.550. The van der Waals surface area contributed by atoms with Crippen molar-refractivity contribution in [2.24, 2.45) is 5.92 Å². The molecule has 0 bridgehead atoms. The van der Waals surface area contributed by atoms with Gasteiger partial charge in [0.25, 0.3) is 5.91 Å². The Morgan fingerprint density at radius 1 is 1.19 bits per heavy atom. The zero-order chi connectivity index (χ0) is 19.8. The van der Waals surface area contributed by atoms with Crippen molar-refractivity contribution in [3.05, 3.63) is 35.4 Å². The van der Waals surface area contributed by atoms with Crippen molar-refractivity contribution in [2.75, 3.05) is 19.7 Å². The SMILES string of the molecule is Cc1ccccc1C(=O)N1[C@@H](C(=O)O)COC12CCN(C(=O)C(C)C)CC2. The number of carbonyl (C=O) groups is 3. The summed E-state index contributed by atoms with van der Waals surface area (Å²) in [6.45, 7) is 6.39. The number of hydrogen-bond acceptors (Lipinski definition) is 4. The second-order valence-corrected chi connectivity index (χ2v) is 7.58. The Hall–Kier alpha value is -2.41. The molecule has 1 spiro atoms. The highest BCUT2D eigenvalue weighted by molar-refractivity contribution is 5.98. The summed E-state index contributed by atoms with van der Waals surface area (Å²) in [6.07, 6.45) is 0.819. The summed E-state index contributed by atoms with van der Waals surface area (Å²) in [5, 5.41) is 9.64. The average molecular weight is 374 g/mol. The van der Waals surface area contributed by atoms with E-state index in [1.165, 1.54) is 4.90 Å². The molecule has 0 radical (unpaired) electrons. The van der Waals surface area contributed by atoms with E-state index in [0.29, 0.717) is 31.5 Å². The normalized spacial score (nSPS) is 21.7. The van der Waals surface area contributed by atoms with Crippen molar-refractivity contribution in [3.8, 4) is 0 Å². The number of likely N-dealkylation sites (tertiary alicyclic amines) is 1. The van der Waals surface area contributed by atoms with Gasteiger partial charge in [-0.15, -0.1) is 0 Å². The predicted molar refractivity (Wildman–Crippen MR) is 98.1 cm³/mol. The fourth-order valence-corrected chi connectivity index (χ4v) is 3.94. The van der Waals surface area contributed by atoms with Crippen LogP contribution in [0.4, 0.5) is 0 Å². The molecule has 1 aromatic carbocycles. The van der Waals surface area contributed by atoms with Gasteiger partial charge in [0.15, 0.2) is 6.04 Å². The third-order valence-corrected chi connectivity index (χ3v) is 5.49. The number of amides is 2. The maximum absolute atomic E-state index is 13.3. The molecule has 2 heterocycles. The molecule has 7 nitrogen and oxygen atoms in total. The molecule has 3 rings (SSSR count). The number of ether oxygens (including phenoxy) is 1. The van der Waals surface area contributed by atoms with Gasteiger partial charge in [0, 0.05) is 37.4 Å². The van der Waals surface area contributed by atoms with Gasteiger partial charge in [-0.3, -0.25) is 14.5 Å². The third-order valence-electron chi connectivity index (χ3n) is 5.49. The molecule has 0 aromatic heterocycles. The standard InChI is InChI=1S/C20H26N2O5/c1-13(2)17(23)21-10-8-20(9-11-21)22(16(12-27-20)19(25)26)18(24)15-7-5-4-6-14(15)3/h4-7,13,16H,8-12H2,1-3H3,(H,25,26)/t16-/m1/s1. The summed E-state index contributed by atoms with van der Waals surface area (Å²) in [5.74, 6) is -1.44. The molecule has 27 heavy (non-hydrogen) atoms. The van der Waals surface area contributed by atoms with Crippen LogP contribution in [0.3, 0.4) is 0 Å². The van der Waals surface area contributed by atoms with Crippen LogP contribution in [0, 0.1) is 12.8 Å². The van der Waals surface area contributed by atoms with Gasteiger partial charge in [0.05, 0.1) is 6.61 Å². The Balaban J connectivity index is 1.89. The van der Waals surface area contributed by atoms with Crippen LogP contribution in [0.2, 0.25) is 0 Å². The van der Waals surface area contributed by atoms with Crippen molar-refractivity contribution in [1.29, 1.82) is 0 Å². The van der Waals surface area contributed by atoms with E-state index in [2.05, 4.69) is 0 Å². The zero-order valence-electron chi connectivity index (χ0n) is 16.0. The smallest absolute Gasteiger partial charge is 0.328 e. The summed E-state index contributed by atoms with van der Waals surface area (Å²) < 4.78 is 5.93. The van der Waals surface area contributed by atoms with Crippen molar-refractivity contribution in [1.82, 2.24) is 9.80 Å². The van der Waals surface area contributed by atoms with E-state index in [4.69, 9.17) is 4.74 Å². The summed E-state index contributed by atoms with van der Waals surface area (Å²) in [5.41, 5.74) is 0.298. The number of piperidine rings is 1. The predicted octanol–water partition coefficient (Wildman–Crippen LogP) is 1.90. The highest BCUT2D eigenvalue weighted by Crippen LogP contribution is 2.39. The van der Waals surface area contributed by atoms with Gasteiger partial charge in [-0.05, 0) is 18.6 Å². The average Bonchev–Trinajstić information content (AvgIpc) is 3.00. The lowest BCUT2D eigenvalue weighted by atomic mass is 9.95. The first-order valence-electron chi connectivity index (χ1n) is 9.32. The van der Waals surface area contributed by atoms with Crippen LogP contribution in [0.25, 0.3) is 0 Å². The number of carboxylic acid groups (broad SMARTS) is 1. The fourth-order valence-electron chi connectivity index (χ4n) is 3.94. The van der Waals surface area contributed by atoms with Crippen LogP contribution in [0.1, 0.15) is 42.6 Å². The van der Waals surface area contributed by atoms with Crippen molar-refractivity contribution in [2.45, 2.75) is 45.4 Å². The minimum absolute atomic E-state index is 0.0366. The molecule has 0 saturated carbocycles. The van der Waals surface area contributed by atoms with Gasteiger partial charge in [-0.2, -0.15) is 0 Å². The van der Waals surface area contributed by atoms with Gasteiger partial charge in [-0.1, -0.05) is 32.0 Å². The van der Waals surface area contributed by atoms with Crippen molar-refractivity contribution < 1.29 is 24.2 Å². The van der Waals surface area contributed by atoms with Gasteiger partial charge in [-0.25, -0.2) is 4.79 Å². The van der Waals surface area contributed by atoms with Gasteiger partial charge < -0.3 is 14.7 Å². The lowest BCUT2D eigenvalue weighted by molar-refractivity contribution is -0.149. The second-order valence-electron chi connectivity index (χ2n) is 7.58. The monoisotopic (exact) mass is 374 g/mol. The van der Waals surface area contributed by atoms with Crippen LogP contribution in [0.15, 0.2) is 24.3 Å². The molecular weight excluding hydrogens is 348 g/mol. The minimum atomic E-state index is -1.07. The first-order valence-corrected chi connectivity index (χ1v) is 9.32. The Kier molecular flexibility index (Phi) is 5.24. The molecule has 1 aromatic rings. The molecular formula is C20H26N2O5. The van der Waals surface area contributed by atoms with E-state index in [9.17, 15) is 19.5 Å². The number of carboxylic acids is 1. The summed E-state index contributed by atoms with van der Waals surface area (Å²) in [7, 11) is 0. The molecule has 146 valence electrons. The first kappa shape index (κ1) is 19.4. The van der Waals surface area contributed by atoms with E-state index in [-0.39, 0.29) is 24.3 Å². The van der Waals surface area contributed by atoms with Crippen LogP contribution in [-0.4, -0.2) is 64.2 Å². The van der Waals surface area contributed by atoms with Gasteiger partial charge in [0.1, 0.15) is 5.72 Å². The minimum Gasteiger partial charge on any atom is -0.480 e. The van der Waals surface area contributed by atoms with E-state index in [1.807, 2.05) is 32.9 Å². The molecule has 0 unspecified atom stereocenters. The molecule has 1 N–H and O–H groups in total. The Morgan fingerprint density at radius 3 is 2.37 bits per heavy atom. The molecule has 2 amide bonds. The third kappa shape index (κ3) is 3.43. The molecule has 2 fully saturated rings. The number of rotatable bonds is 3. The van der Waals surface area contributed by atoms with Gasteiger partial charge >= 0.3 is 5.97 Å². The summed E-state index contributed by atoms with van der Waals surface area (Å²) >= 11 is 0. The van der Waals surface area contributed by atoms with E-state index < -0.39 is 17.7 Å². The van der Waals surface area contributed by atoms with Crippen LogP contribution >= 0.6 is 0 Å². The van der Waals surface area contributed by atoms with E-state index >= 15 is 0 Å². The maximum Gasteiger partial charge on any atom is 0.328 e. The van der Waals surface area contributed by atoms with E-state index in [0.717, 1.165) is 5.56 Å².